The number of rotatable bonds is 7. The van der Waals surface area contributed by atoms with Gasteiger partial charge in [0.1, 0.15) is 10.4 Å². The molecule has 2 rings (SSSR count). The van der Waals surface area contributed by atoms with Crippen LogP contribution in [-0.4, -0.2) is 24.0 Å². The third-order valence-electron chi connectivity index (χ3n) is 5.18. The second kappa shape index (κ2) is 9.61. The Morgan fingerprint density at radius 3 is 2.31 bits per heavy atom. The fourth-order valence-electron chi connectivity index (χ4n) is 3.51. The van der Waals surface area contributed by atoms with Crippen molar-refractivity contribution in [3.8, 4) is 0 Å². The molecule has 6 heteroatoms. The lowest BCUT2D eigenvalue weighted by atomic mass is 9.75. The molecular weight excluding hydrogens is 373 g/mol. The van der Waals surface area contributed by atoms with Crippen molar-refractivity contribution in [3.63, 3.8) is 0 Å². The summed E-state index contributed by atoms with van der Waals surface area (Å²) in [7, 11) is 0. The molecule has 144 valence electrons. The summed E-state index contributed by atoms with van der Waals surface area (Å²) in [5, 5.41) is 2.98. The van der Waals surface area contributed by atoms with Gasteiger partial charge >= 0.3 is 5.97 Å². The number of carbonyl (C=O) groups is 2. The van der Waals surface area contributed by atoms with Gasteiger partial charge in [0, 0.05) is 0 Å². The van der Waals surface area contributed by atoms with Crippen LogP contribution in [0.1, 0.15) is 61.9 Å². The van der Waals surface area contributed by atoms with E-state index in [1.807, 2.05) is 12.1 Å². The van der Waals surface area contributed by atoms with Crippen molar-refractivity contribution in [2.24, 2.45) is 5.92 Å². The molecule has 0 bridgehead atoms. The van der Waals surface area contributed by atoms with Crippen molar-refractivity contribution in [1.82, 2.24) is 5.32 Å². The predicted molar refractivity (Wildman–Crippen MR) is 104 cm³/mol. The van der Waals surface area contributed by atoms with Gasteiger partial charge in [0.15, 0.2) is 0 Å². The largest absolute Gasteiger partial charge is 0.464 e. The molecule has 26 heavy (non-hydrogen) atoms. The average Bonchev–Trinajstić information content (AvgIpc) is 2.63. The second-order valence-electron chi connectivity index (χ2n) is 6.92. The van der Waals surface area contributed by atoms with Crippen LogP contribution in [0.3, 0.4) is 0 Å². The molecule has 1 saturated carbocycles. The van der Waals surface area contributed by atoms with E-state index in [-0.39, 0.29) is 18.3 Å². The Labute approximate surface area is 165 Å². The van der Waals surface area contributed by atoms with Gasteiger partial charge in [-0.2, -0.15) is 0 Å². The minimum atomic E-state index is -0.893. The fraction of sp³-hybridized carbons (Fsp3) is 0.600. The van der Waals surface area contributed by atoms with Crippen molar-refractivity contribution in [2.45, 2.75) is 62.7 Å². The van der Waals surface area contributed by atoms with Gasteiger partial charge in [-0.15, -0.1) is 23.2 Å². The maximum Gasteiger partial charge on any atom is 0.331 e. The SMILES string of the molecule is CCOC(=O)C1(NC(=O)Cc2ccc(C(Cl)Cl)cc2)CCC(CC)CC1. The van der Waals surface area contributed by atoms with Crippen molar-refractivity contribution in [1.29, 1.82) is 0 Å². The summed E-state index contributed by atoms with van der Waals surface area (Å²) in [6.07, 6.45) is 4.42. The summed E-state index contributed by atoms with van der Waals surface area (Å²) in [5.74, 6) is 0.125. The highest BCUT2D eigenvalue weighted by molar-refractivity contribution is 6.44. The first-order valence-electron chi connectivity index (χ1n) is 9.25. The molecule has 1 aliphatic carbocycles. The van der Waals surface area contributed by atoms with E-state index in [1.165, 1.54) is 0 Å². The number of hydrogen-bond donors (Lipinski definition) is 1. The van der Waals surface area contributed by atoms with Crippen molar-refractivity contribution >= 4 is 35.1 Å². The van der Waals surface area contributed by atoms with Crippen LogP contribution in [0.2, 0.25) is 0 Å². The van der Waals surface area contributed by atoms with Crippen molar-refractivity contribution in [2.75, 3.05) is 6.61 Å². The molecule has 0 heterocycles. The number of nitrogens with one attached hydrogen (secondary N) is 1. The van der Waals surface area contributed by atoms with Crippen LogP contribution in [0, 0.1) is 5.92 Å². The third-order valence-corrected chi connectivity index (χ3v) is 5.68. The molecule has 0 aliphatic heterocycles. The van der Waals surface area contributed by atoms with Crippen LogP contribution in [0.25, 0.3) is 0 Å². The first-order valence-corrected chi connectivity index (χ1v) is 10.1. The standard InChI is InChI=1S/C20H27Cl2NO3/c1-3-14-9-11-20(12-10-14,19(25)26-4-2)23-17(24)13-15-5-7-16(8-6-15)18(21)22/h5-8,14,18H,3-4,9-13H2,1-2H3,(H,23,24). The highest BCUT2D eigenvalue weighted by Gasteiger charge is 2.43. The molecule has 1 N–H and O–H groups in total. The van der Waals surface area contributed by atoms with Crippen LogP contribution in [0.4, 0.5) is 0 Å². The van der Waals surface area contributed by atoms with Crippen LogP contribution >= 0.6 is 23.2 Å². The Morgan fingerprint density at radius 2 is 1.81 bits per heavy atom. The monoisotopic (exact) mass is 399 g/mol. The van der Waals surface area contributed by atoms with Gasteiger partial charge in [-0.05, 0) is 49.7 Å². The highest BCUT2D eigenvalue weighted by atomic mass is 35.5. The molecule has 4 nitrogen and oxygen atoms in total. The molecule has 1 fully saturated rings. The number of alkyl halides is 2. The number of carbonyl (C=O) groups excluding carboxylic acids is 2. The Bertz CT molecular complexity index is 608. The maximum atomic E-state index is 12.6. The minimum absolute atomic E-state index is 0.172. The van der Waals surface area contributed by atoms with Crippen LogP contribution in [0.5, 0.6) is 0 Å². The summed E-state index contributed by atoms with van der Waals surface area (Å²) in [6, 6.07) is 7.27. The first-order chi connectivity index (χ1) is 12.4. The second-order valence-corrected chi connectivity index (χ2v) is 8.02. The van der Waals surface area contributed by atoms with E-state index < -0.39 is 10.4 Å². The van der Waals surface area contributed by atoms with E-state index in [9.17, 15) is 9.59 Å². The molecule has 0 radical (unpaired) electrons. The Morgan fingerprint density at radius 1 is 1.19 bits per heavy atom. The quantitative estimate of drug-likeness (QED) is 0.532. The number of halogens is 2. The van der Waals surface area contributed by atoms with Crippen LogP contribution < -0.4 is 5.32 Å². The topological polar surface area (TPSA) is 55.4 Å². The van der Waals surface area contributed by atoms with Gasteiger partial charge in [-0.25, -0.2) is 4.79 Å². The first kappa shape index (κ1) is 21.0. The van der Waals surface area contributed by atoms with Crippen molar-refractivity contribution < 1.29 is 14.3 Å². The molecule has 0 unspecified atom stereocenters. The lowest BCUT2D eigenvalue weighted by molar-refractivity contribution is -0.155. The molecule has 0 aromatic heterocycles. The normalized spacial score (nSPS) is 22.9. The van der Waals surface area contributed by atoms with Gasteiger partial charge in [0.2, 0.25) is 5.91 Å². The van der Waals surface area contributed by atoms with Crippen LogP contribution in [0.15, 0.2) is 24.3 Å². The van der Waals surface area contributed by atoms with E-state index in [0.29, 0.717) is 25.4 Å². The molecule has 1 amide bonds. The fourth-order valence-corrected chi connectivity index (χ4v) is 3.80. The highest BCUT2D eigenvalue weighted by Crippen LogP contribution is 2.35. The minimum Gasteiger partial charge on any atom is -0.464 e. The van der Waals surface area contributed by atoms with E-state index in [1.54, 1.807) is 19.1 Å². The summed E-state index contributed by atoms with van der Waals surface area (Å²) < 4.78 is 5.26. The van der Waals surface area contributed by atoms with Gasteiger partial charge < -0.3 is 10.1 Å². The van der Waals surface area contributed by atoms with E-state index in [0.717, 1.165) is 30.4 Å². The molecule has 0 saturated heterocycles. The smallest absolute Gasteiger partial charge is 0.331 e. The molecule has 0 spiro atoms. The van der Waals surface area contributed by atoms with Gasteiger partial charge in [-0.1, -0.05) is 37.6 Å². The van der Waals surface area contributed by atoms with Gasteiger partial charge in [0.05, 0.1) is 13.0 Å². The number of hydrogen-bond acceptors (Lipinski definition) is 3. The van der Waals surface area contributed by atoms with Gasteiger partial charge in [0.25, 0.3) is 0 Å². The number of ether oxygens (including phenoxy) is 1. The molecule has 1 aliphatic rings. The Kier molecular flexibility index (Phi) is 7.78. The molecule has 0 atom stereocenters. The van der Waals surface area contributed by atoms with Gasteiger partial charge in [-0.3, -0.25) is 4.79 Å². The average molecular weight is 400 g/mol. The zero-order valence-electron chi connectivity index (χ0n) is 15.4. The van der Waals surface area contributed by atoms with E-state index in [2.05, 4.69) is 12.2 Å². The lowest BCUT2D eigenvalue weighted by Crippen LogP contribution is -2.57. The predicted octanol–water partition coefficient (Wildman–Crippen LogP) is 4.72. The Balaban J connectivity index is 2.05. The van der Waals surface area contributed by atoms with E-state index in [4.69, 9.17) is 27.9 Å². The zero-order chi connectivity index (χ0) is 19.2. The summed E-state index contributed by atoms with van der Waals surface area (Å²) in [5.41, 5.74) is 0.746. The summed E-state index contributed by atoms with van der Waals surface area (Å²) >= 11 is 11.7. The lowest BCUT2D eigenvalue weighted by Gasteiger charge is -2.38. The molecule has 1 aromatic carbocycles. The molecule has 1 aromatic rings. The third kappa shape index (κ3) is 5.37. The number of amides is 1. The summed E-state index contributed by atoms with van der Waals surface area (Å²) in [4.78, 5) is 24.6. The number of benzene rings is 1. The van der Waals surface area contributed by atoms with E-state index >= 15 is 0 Å². The van der Waals surface area contributed by atoms with Crippen LogP contribution in [-0.2, 0) is 20.7 Å². The Hall–Kier alpha value is -1.26. The molecular formula is C20H27Cl2NO3. The van der Waals surface area contributed by atoms with Crippen molar-refractivity contribution in [3.05, 3.63) is 35.4 Å². The zero-order valence-corrected chi connectivity index (χ0v) is 16.9. The summed E-state index contributed by atoms with van der Waals surface area (Å²) in [6.45, 7) is 4.26. The number of esters is 1. The maximum absolute atomic E-state index is 12.6.